The molecule has 6 nitrogen and oxygen atoms in total. The van der Waals surface area contributed by atoms with Crippen molar-refractivity contribution in [3.63, 3.8) is 0 Å². The van der Waals surface area contributed by atoms with Crippen LogP contribution in [0, 0.1) is 0 Å². The molecule has 0 spiro atoms. The molecule has 0 fully saturated rings. The summed E-state index contributed by atoms with van der Waals surface area (Å²) in [6, 6.07) is -0.670. The molecule has 0 saturated carbocycles. The predicted molar refractivity (Wildman–Crippen MR) is 91.6 cm³/mol. The fourth-order valence-corrected chi connectivity index (χ4v) is 2.11. The molecule has 0 aromatic rings. The molecule has 0 rings (SSSR count). The summed E-state index contributed by atoms with van der Waals surface area (Å²) < 4.78 is 22.2. The standard InChI is InChI=1S/C13H17IN2O4S/c1-4-7-11(14)12(17)16(9-5-2)13(18)15-8-6-10-21(3,19)20/h4-8H,1-2,9-10H2,3H3,(H,15,18)/b8-6+,11-7-. The fraction of sp³-hybridized carbons (Fsp3) is 0.231. The van der Waals surface area contributed by atoms with Gasteiger partial charge in [0, 0.05) is 19.0 Å². The molecule has 0 atom stereocenters. The van der Waals surface area contributed by atoms with Crippen molar-refractivity contribution < 1.29 is 18.0 Å². The van der Waals surface area contributed by atoms with Crippen LogP contribution < -0.4 is 5.32 Å². The zero-order chi connectivity index (χ0) is 16.5. The van der Waals surface area contributed by atoms with Crippen LogP contribution in [0.25, 0.3) is 0 Å². The Balaban J connectivity index is 4.85. The van der Waals surface area contributed by atoms with E-state index in [4.69, 9.17) is 0 Å². The van der Waals surface area contributed by atoms with Crippen LogP contribution in [-0.2, 0) is 14.6 Å². The van der Waals surface area contributed by atoms with Crippen molar-refractivity contribution in [2.45, 2.75) is 0 Å². The summed E-state index contributed by atoms with van der Waals surface area (Å²) in [6.45, 7) is 6.99. The minimum absolute atomic E-state index is 0.0298. The smallest absolute Gasteiger partial charge is 0.314 e. The molecule has 0 saturated heterocycles. The maximum Gasteiger partial charge on any atom is 0.328 e. The molecular formula is C13H17IN2O4S. The highest BCUT2D eigenvalue weighted by Crippen LogP contribution is 2.11. The molecule has 3 amide bonds. The lowest BCUT2D eigenvalue weighted by atomic mass is 10.4. The molecular weight excluding hydrogens is 407 g/mol. The first-order chi connectivity index (χ1) is 9.72. The number of nitrogens with zero attached hydrogens (tertiary/aromatic N) is 1. The molecule has 1 N–H and O–H groups in total. The average molecular weight is 424 g/mol. The summed E-state index contributed by atoms with van der Waals surface area (Å²) in [4.78, 5) is 24.9. The highest BCUT2D eigenvalue weighted by molar-refractivity contribution is 14.1. The van der Waals surface area contributed by atoms with Crippen LogP contribution in [0.5, 0.6) is 0 Å². The zero-order valence-electron chi connectivity index (χ0n) is 11.6. The van der Waals surface area contributed by atoms with Gasteiger partial charge in [-0.25, -0.2) is 13.2 Å². The maximum atomic E-state index is 12.0. The topological polar surface area (TPSA) is 83.6 Å². The van der Waals surface area contributed by atoms with Crippen molar-refractivity contribution in [1.82, 2.24) is 10.2 Å². The van der Waals surface area contributed by atoms with Crippen LogP contribution in [-0.4, -0.2) is 43.8 Å². The molecule has 21 heavy (non-hydrogen) atoms. The Labute approximate surface area is 138 Å². The van der Waals surface area contributed by atoms with Gasteiger partial charge in [0.15, 0.2) is 9.84 Å². The molecule has 0 aliphatic carbocycles. The highest BCUT2D eigenvalue weighted by atomic mass is 127. The van der Waals surface area contributed by atoms with Gasteiger partial charge < -0.3 is 5.32 Å². The number of carbonyl (C=O) groups excluding carboxylic acids is 2. The number of sulfone groups is 1. The Bertz CT molecular complexity index is 579. The van der Waals surface area contributed by atoms with E-state index in [0.29, 0.717) is 3.58 Å². The number of urea groups is 1. The number of carbonyl (C=O) groups is 2. The number of nitrogens with one attached hydrogen (secondary N) is 1. The van der Waals surface area contributed by atoms with Gasteiger partial charge >= 0.3 is 6.03 Å². The van der Waals surface area contributed by atoms with E-state index in [2.05, 4.69) is 18.5 Å². The molecule has 0 radical (unpaired) electrons. The molecule has 8 heteroatoms. The van der Waals surface area contributed by atoms with Crippen LogP contribution in [0.15, 0.2) is 47.2 Å². The third-order valence-corrected chi connectivity index (χ3v) is 3.61. The first kappa shape index (κ1) is 19.6. The van der Waals surface area contributed by atoms with E-state index in [0.717, 1.165) is 11.2 Å². The molecule has 0 aromatic heterocycles. The van der Waals surface area contributed by atoms with E-state index in [-0.39, 0.29) is 12.3 Å². The molecule has 116 valence electrons. The summed E-state index contributed by atoms with van der Waals surface area (Å²) in [5.74, 6) is -0.694. The lowest BCUT2D eigenvalue weighted by Gasteiger charge is -2.18. The van der Waals surface area contributed by atoms with Gasteiger partial charge in [0.2, 0.25) is 0 Å². The van der Waals surface area contributed by atoms with Crippen LogP contribution in [0.2, 0.25) is 0 Å². The molecule has 0 aromatic carbocycles. The van der Waals surface area contributed by atoms with Crippen molar-refractivity contribution in [3.05, 3.63) is 47.2 Å². The SMILES string of the molecule is C=C/C=C(\I)C(=O)N(CC=C)C(=O)N/C=C/CS(C)(=O)=O. The van der Waals surface area contributed by atoms with Gasteiger partial charge in [-0.05, 0) is 28.7 Å². The van der Waals surface area contributed by atoms with Crippen molar-refractivity contribution in [2.75, 3.05) is 18.6 Å². The first-order valence-corrected chi connectivity index (χ1v) is 8.91. The Morgan fingerprint density at radius 2 is 1.95 bits per heavy atom. The quantitative estimate of drug-likeness (QED) is 0.292. The summed E-state index contributed by atoms with van der Waals surface area (Å²) in [6.07, 6.45) is 7.89. The van der Waals surface area contributed by atoms with E-state index in [1.54, 1.807) is 22.6 Å². The van der Waals surface area contributed by atoms with Crippen LogP contribution in [0.4, 0.5) is 4.79 Å². The Kier molecular flexibility index (Phi) is 8.86. The van der Waals surface area contributed by atoms with Gasteiger partial charge in [-0.1, -0.05) is 24.8 Å². The number of halogens is 1. The van der Waals surface area contributed by atoms with Crippen LogP contribution >= 0.6 is 22.6 Å². The Morgan fingerprint density at radius 3 is 2.43 bits per heavy atom. The molecule has 0 aliphatic rings. The minimum Gasteiger partial charge on any atom is -0.314 e. The lowest BCUT2D eigenvalue weighted by molar-refractivity contribution is -0.123. The summed E-state index contributed by atoms with van der Waals surface area (Å²) in [5.41, 5.74) is 0. The summed E-state index contributed by atoms with van der Waals surface area (Å²) in [7, 11) is -3.15. The number of hydrogen-bond acceptors (Lipinski definition) is 4. The fourth-order valence-electron chi connectivity index (χ4n) is 1.12. The normalized spacial score (nSPS) is 12.0. The second-order valence-corrected chi connectivity index (χ2v) is 7.25. The number of rotatable bonds is 7. The van der Waals surface area contributed by atoms with Crippen molar-refractivity contribution in [3.8, 4) is 0 Å². The number of amides is 3. The number of hydrogen-bond donors (Lipinski definition) is 1. The maximum absolute atomic E-state index is 12.0. The summed E-state index contributed by atoms with van der Waals surface area (Å²) >= 11 is 1.80. The van der Waals surface area contributed by atoms with Gasteiger partial charge in [0.1, 0.15) is 0 Å². The van der Waals surface area contributed by atoms with Crippen LogP contribution in [0.3, 0.4) is 0 Å². The van der Waals surface area contributed by atoms with E-state index in [9.17, 15) is 18.0 Å². The lowest BCUT2D eigenvalue weighted by Crippen LogP contribution is -2.42. The minimum atomic E-state index is -3.15. The second-order valence-electron chi connectivity index (χ2n) is 3.90. The van der Waals surface area contributed by atoms with Crippen molar-refractivity contribution in [2.24, 2.45) is 0 Å². The average Bonchev–Trinajstić information content (AvgIpc) is 2.39. The third-order valence-electron chi connectivity index (χ3n) is 1.99. The second kappa shape index (κ2) is 9.50. The third kappa shape index (κ3) is 8.45. The van der Waals surface area contributed by atoms with E-state index in [1.165, 1.54) is 30.5 Å². The van der Waals surface area contributed by atoms with E-state index >= 15 is 0 Å². The molecule has 0 unspecified atom stereocenters. The molecule has 0 heterocycles. The van der Waals surface area contributed by atoms with Crippen molar-refractivity contribution in [1.29, 1.82) is 0 Å². The number of imide groups is 1. The monoisotopic (exact) mass is 424 g/mol. The molecule has 0 aliphatic heterocycles. The van der Waals surface area contributed by atoms with Crippen LogP contribution in [0.1, 0.15) is 0 Å². The molecule has 0 bridgehead atoms. The van der Waals surface area contributed by atoms with Gasteiger partial charge in [0.05, 0.1) is 9.33 Å². The first-order valence-electron chi connectivity index (χ1n) is 5.77. The highest BCUT2D eigenvalue weighted by Gasteiger charge is 2.21. The number of allylic oxidation sites excluding steroid dienone is 2. The zero-order valence-corrected chi connectivity index (χ0v) is 14.6. The largest absolute Gasteiger partial charge is 0.328 e. The summed E-state index contributed by atoms with van der Waals surface area (Å²) in [5, 5.41) is 2.34. The Hall–Kier alpha value is -1.42. The Morgan fingerprint density at radius 1 is 1.33 bits per heavy atom. The van der Waals surface area contributed by atoms with E-state index < -0.39 is 21.8 Å². The van der Waals surface area contributed by atoms with Crippen molar-refractivity contribution >= 4 is 44.4 Å². The van der Waals surface area contributed by atoms with Gasteiger partial charge in [-0.2, -0.15) is 0 Å². The van der Waals surface area contributed by atoms with Gasteiger partial charge in [-0.15, -0.1) is 6.58 Å². The van der Waals surface area contributed by atoms with Gasteiger partial charge in [-0.3, -0.25) is 9.69 Å². The van der Waals surface area contributed by atoms with E-state index in [1.807, 2.05) is 0 Å². The predicted octanol–water partition coefficient (Wildman–Crippen LogP) is 1.77. The van der Waals surface area contributed by atoms with Gasteiger partial charge in [0.25, 0.3) is 5.91 Å².